The molecule has 0 atom stereocenters. The molecule has 0 saturated carbocycles. The van der Waals surface area contributed by atoms with Crippen molar-refractivity contribution in [2.75, 3.05) is 0 Å². The van der Waals surface area contributed by atoms with Crippen molar-refractivity contribution in [3.05, 3.63) is 48.7 Å². The van der Waals surface area contributed by atoms with Gasteiger partial charge in [-0.15, -0.1) is 6.58 Å². The lowest BCUT2D eigenvalue weighted by Crippen LogP contribution is -1.96. The molecular formula is C14H18N2. The first-order valence-electron chi connectivity index (χ1n) is 5.74. The van der Waals surface area contributed by atoms with Crippen LogP contribution in [0.2, 0.25) is 0 Å². The molecule has 0 unspecified atom stereocenters. The van der Waals surface area contributed by atoms with E-state index in [4.69, 9.17) is 5.73 Å². The summed E-state index contributed by atoms with van der Waals surface area (Å²) < 4.78 is 2.29. The molecule has 0 radical (unpaired) electrons. The number of hydrogen-bond acceptors (Lipinski definition) is 1. The highest BCUT2D eigenvalue weighted by Gasteiger charge is 2.05. The topological polar surface area (TPSA) is 30.9 Å². The van der Waals surface area contributed by atoms with E-state index in [0.717, 1.165) is 19.4 Å². The SMILES string of the molecule is C=CCCCn1cc(CN)c2ccccc21. The number of unbranched alkanes of at least 4 members (excludes halogenated alkanes) is 1. The van der Waals surface area contributed by atoms with E-state index < -0.39 is 0 Å². The summed E-state index contributed by atoms with van der Waals surface area (Å²) in [6.07, 6.45) is 6.33. The number of nitrogens with two attached hydrogens (primary N) is 1. The minimum atomic E-state index is 0.606. The summed E-state index contributed by atoms with van der Waals surface area (Å²) in [4.78, 5) is 0. The van der Waals surface area contributed by atoms with Gasteiger partial charge in [-0.05, 0) is 24.5 Å². The number of rotatable bonds is 5. The van der Waals surface area contributed by atoms with Gasteiger partial charge in [-0.2, -0.15) is 0 Å². The summed E-state index contributed by atoms with van der Waals surface area (Å²) in [6, 6.07) is 8.44. The Morgan fingerprint density at radius 2 is 2.12 bits per heavy atom. The summed E-state index contributed by atoms with van der Waals surface area (Å²) >= 11 is 0. The van der Waals surface area contributed by atoms with Gasteiger partial charge in [0, 0.05) is 30.2 Å². The Labute approximate surface area is 96.4 Å². The second-order valence-electron chi connectivity index (χ2n) is 4.00. The Bertz CT molecular complexity index is 482. The first-order chi connectivity index (χ1) is 7.86. The third-order valence-electron chi connectivity index (χ3n) is 2.90. The molecule has 0 saturated heterocycles. The van der Waals surface area contributed by atoms with Crippen molar-refractivity contribution in [2.45, 2.75) is 25.9 Å². The van der Waals surface area contributed by atoms with Crippen LogP contribution in [0.15, 0.2) is 43.1 Å². The molecule has 2 aromatic rings. The highest BCUT2D eigenvalue weighted by atomic mass is 15.0. The molecule has 1 heterocycles. The summed E-state index contributed by atoms with van der Waals surface area (Å²) in [6.45, 7) is 5.39. The zero-order valence-corrected chi connectivity index (χ0v) is 9.52. The van der Waals surface area contributed by atoms with Crippen LogP contribution in [0.25, 0.3) is 10.9 Å². The van der Waals surface area contributed by atoms with Crippen LogP contribution in [0.1, 0.15) is 18.4 Å². The lowest BCUT2D eigenvalue weighted by molar-refractivity contribution is 0.669. The fraction of sp³-hybridized carbons (Fsp3) is 0.286. The standard InChI is InChI=1S/C14H18N2/c1-2-3-6-9-16-11-12(10-15)13-7-4-5-8-14(13)16/h2,4-5,7-8,11H,1,3,6,9-10,15H2. The van der Waals surface area contributed by atoms with E-state index in [1.807, 2.05) is 6.08 Å². The molecule has 0 aliphatic carbocycles. The molecule has 1 aromatic carbocycles. The summed E-state index contributed by atoms with van der Waals surface area (Å²) in [7, 11) is 0. The number of hydrogen-bond donors (Lipinski definition) is 1. The summed E-state index contributed by atoms with van der Waals surface area (Å²) in [5.41, 5.74) is 8.27. The molecule has 0 aliphatic heterocycles. The van der Waals surface area contributed by atoms with Gasteiger partial charge >= 0.3 is 0 Å². The van der Waals surface area contributed by atoms with Crippen LogP contribution >= 0.6 is 0 Å². The van der Waals surface area contributed by atoms with Crippen LogP contribution in [0, 0.1) is 0 Å². The van der Waals surface area contributed by atoms with E-state index in [-0.39, 0.29) is 0 Å². The van der Waals surface area contributed by atoms with E-state index in [1.165, 1.54) is 16.5 Å². The Morgan fingerprint density at radius 1 is 1.31 bits per heavy atom. The Hall–Kier alpha value is -1.54. The zero-order valence-electron chi connectivity index (χ0n) is 9.52. The van der Waals surface area contributed by atoms with Gasteiger partial charge in [0.05, 0.1) is 0 Å². The van der Waals surface area contributed by atoms with Crippen molar-refractivity contribution >= 4 is 10.9 Å². The second kappa shape index (κ2) is 4.99. The fourth-order valence-corrected chi connectivity index (χ4v) is 2.08. The van der Waals surface area contributed by atoms with Crippen molar-refractivity contribution in [1.82, 2.24) is 4.57 Å². The summed E-state index contributed by atoms with van der Waals surface area (Å²) in [5, 5.41) is 1.28. The van der Waals surface area contributed by atoms with E-state index in [1.54, 1.807) is 0 Å². The Kier molecular flexibility index (Phi) is 3.42. The maximum absolute atomic E-state index is 5.75. The van der Waals surface area contributed by atoms with Crippen LogP contribution in [-0.2, 0) is 13.1 Å². The molecule has 2 heteroatoms. The van der Waals surface area contributed by atoms with E-state index >= 15 is 0 Å². The van der Waals surface area contributed by atoms with Gasteiger partial charge in [0.2, 0.25) is 0 Å². The molecule has 84 valence electrons. The highest BCUT2D eigenvalue weighted by Crippen LogP contribution is 2.21. The van der Waals surface area contributed by atoms with Crippen molar-refractivity contribution in [2.24, 2.45) is 5.73 Å². The van der Waals surface area contributed by atoms with Crippen molar-refractivity contribution in [3.8, 4) is 0 Å². The number of allylic oxidation sites excluding steroid dienone is 1. The molecule has 16 heavy (non-hydrogen) atoms. The molecule has 0 aliphatic rings. The number of aryl methyl sites for hydroxylation is 1. The molecule has 1 aromatic heterocycles. The maximum Gasteiger partial charge on any atom is 0.0483 e. The Balaban J connectivity index is 2.33. The number of para-hydroxylation sites is 1. The third kappa shape index (κ3) is 2.02. The van der Waals surface area contributed by atoms with Gasteiger partial charge in [0.15, 0.2) is 0 Å². The average molecular weight is 214 g/mol. The monoisotopic (exact) mass is 214 g/mol. The minimum absolute atomic E-state index is 0.606. The molecule has 2 N–H and O–H groups in total. The molecule has 0 bridgehead atoms. The number of fused-ring (bicyclic) bond motifs is 1. The zero-order chi connectivity index (χ0) is 11.4. The molecular weight excluding hydrogens is 196 g/mol. The van der Waals surface area contributed by atoms with Crippen molar-refractivity contribution < 1.29 is 0 Å². The lowest BCUT2D eigenvalue weighted by atomic mass is 10.2. The molecule has 2 rings (SSSR count). The second-order valence-corrected chi connectivity index (χ2v) is 4.00. The van der Waals surface area contributed by atoms with E-state index in [9.17, 15) is 0 Å². The summed E-state index contributed by atoms with van der Waals surface area (Å²) in [5.74, 6) is 0. The first kappa shape index (κ1) is 11.0. The van der Waals surface area contributed by atoms with Gasteiger partial charge in [0.1, 0.15) is 0 Å². The van der Waals surface area contributed by atoms with E-state index in [0.29, 0.717) is 6.54 Å². The quantitative estimate of drug-likeness (QED) is 0.602. The average Bonchev–Trinajstić information content (AvgIpc) is 2.68. The number of nitrogens with zero attached hydrogens (tertiary/aromatic N) is 1. The van der Waals surface area contributed by atoms with Crippen molar-refractivity contribution in [1.29, 1.82) is 0 Å². The smallest absolute Gasteiger partial charge is 0.0483 e. The fourth-order valence-electron chi connectivity index (χ4n) is 2.08. The largest absolute Gasteiger partial charge is 0.347 e. The van der Waals surface area contributed by atoms with Gasteiger partial charge in [-0.1, -0.05) is 24.3 Å². The molecule has 2 nitrogen and oxygen atoms in total. The van der Waals surface area contributed by atoms with Gasteiger partial charge in [0.25, 0.3) is 0 Å². The van der Waals surface area contributed by atoms with Crippen LogP contribution in [0.5, 0.6) is 0 Å². The molecule has 0 amide bonds. The highest BCUT2D eigenvalue weighted by molar-refractivity contribution is 5.83. The first-order valence-corrected chi connectivity index (χ1v) is 5.74. The van der Waals surface area contributed by atoms with Gasteiger partial charge in [-0.3, -0.25) is 0 Å². The predicted octanol–water partition coefficient (Wildman–Crippen LogP) is 3.07. The van der Waals surface area contributed by atoms with Crippen LogP contribution in [-0.4, -0.2) is 4.57 Å². The third-order valence-corrected chi connectivity index (χ3v) is 2.90. The minimum Gasteiger partial charge on any atom is -0.347 e. The van der Waals surface area contributed by atoms with Crippen LogP contribution < -0.4 is 5.73 Å². The van der Waals surface area contributed by atoms with E-state index in [2.05, 4.69) is 41.6 Å². The molecule has 0 spiro atoms. The van der Waals surface area contributed by atoms with Gasteiger partial charge in [-0.25, -0.2) is 0 Å². The molecule has 0 fully saturated rings. The normalized spacial score (nSPS) is 10.8. The van der Waals surface area contributed by atoms with Gasteiger partial charge < -0.3 is 10.3 Å². The Morgan fingerprint density at radius 3 is 2.88 bits per heavy atom. The van der Waals surface area contributed by atoms with Crippen LogP contribution in [0.3, 0.4) is 0 Å². The number of aromatic nitrogens is 1. The lowest BCUT2D eigenvalue weighted by Gasteiger charge is -2.03. The van der Waals surface area contributed by atoms with Crippen molar-refractivity contribution in [3.63, 3.8) is 0 Å². The number of benzene rings is 1. The predicted molar refractivity (Wildman–Crippen MR) is 69.3 cm³/mol. The van der Waals surface area contributed by atoms with Crippen LogP contribution in [0.4, 0.5) is 0 Å². The maximum atomic E-state index is 5.75.